The second kappa shape index (κ2) is 4.70. The smallest absolute Gasteiger partial charge is 0.175 e. The lowest BCUT2D eigenvalue weighted by Crippen LogP contribution is -2.20. The molecule has 1 atom stereocenters. The Balaban J connectivity index is 1.64. The van der Waals surface area contributed by atoms with Crippen molar-refractivity contribution in [2.75, 3.05) is 6.54 Å². The molecule has 1 aromatic rings. The molecule has 0 aliphatic heterocycles. The van der Waals surface area contributed by atoms with Gasteiger partial charge in [0.05, 0.1) is 7.05 Å². The molecule has 1 aliphatic rings. The number of aryl methyl sites for hydroxylation is 1. The Morgan fingerprint density at radius 2 is 2.33 bits per heavy atom. The molecule has 1 saturated carbocycles. The van der Waals surface area contributed by atoms with Gasteiger partial charge in [0, 0.05) is 12.5 Å². The Bertz CT molecular complexity index is 305. The lowest BCUT2D eigenvalue weighted by atomic mass is 10.0. The van der Waals surface area contributed by atoms with E-state index in [-0.39, 0.29) is 0 Å². The first kappa shape index (κ1) is 10.5. The molecule has 0 radical (unpaired) electrons. The molecule has 0 bridgehead atoms. The van der Waals surface area contributed by atoms with Gasteiger partial charge >= 0.3 is 0 Å². The number of aromatic nitrogens is 4. The fourth-order valence-electron chi connectivity index (χ4n) is 1.64. The number of nitrogens with zero attached hydrogens (tertiary/aromatic N) is 4. The summed E-state index contributed by atoms with van der Waals surface area (Å²) in [4.78, 5) is 1.52. The van der Waals surface area contributed by atoms with E-state index in [1.807, 2.05) is 0 Å². The van der Waals surface area contributed by atoms with Crippen LogP contribution in [0.25, 0.3) is 0 Å². The molecule has 1 unspecified atom stereocenters. The summed E-state index contributed by atoms with van der Waals surface area (Å²) < 4.78 is 0. The van der Waals surface area contributed by atoms with Crippen LogP contribution in [0.15, 0.2) is 0 Å². The monoisotopic (exact) mass is 209 g/mol. The Morgan fingerprint density at radius 1 is 1.53 bits per heavy atom. The zero-order valence-electron chi connectivity index (χ0n) is 9.48. The summed E-state index contributed by atoms with van der Waals surface area (Å²) in [5.41, 5.74) is 0. The number of nitrogens with one attached hydrogen (secondary N) is 1. The van der Waals surface area contributed by atoms with Gasteiger partial charge in [-0.1, -0.05) is 6.92 Å². The van der Waals surface area contributed by atoms with Crippen molar-refractivity contribution in [3.8, 4) is 0 Å². The van der Waals surface area contributed by atoms with E-state index in [9.17, 15) is 0 Å². The highest BCUT2D eigenvalue weighted by atomic mass is 15.6. The summed E-state index contributed by atoms with van der Waals surface area (Å²) in [6, 6.07) is 0.812. The van der Waals surface area contributed by atoms with Crippen LogP contribution < -0.4 is 5.32 Å². The molecular weight excluding hydrogens is 190 g/mol. The van der Waals surface area contributed by atoms with E-state index in [4.69, 9.17) is 0 Å². The lowest BCUT2D eigenvalue weighted by molar-refractivity contribution is 0.486. The molecule has 1 heterocycles. The highest BCUT2D eigenvalue weighted by molar-refractivity contribution is 4.82. The largest absolute Gasteiger partial charge is 0.314 e. The van der Waals surface area contributed by atoms with Crippen molar-refractivity contribution >= 4 is 0 Å². The summed E-state index contributed by atoms with van der Waals surface area (Å²) in [5.74, 6) is 1.48. The molecule has 1 N–H and O–H groups in total. The predicted octanol–water partition coefficient (Wildman–Crippen LogP) is 0.531. The zero-order valence-corrected chi connectivity index (χ0v) is 9.48. The maximum Gasteiger partial charge on any atom is 0.175 e. The van der Waals surface area contributed by atoms with E-state index in [0.29, 0.717) is 5.92 Å². The first-order chi connectivity index (χ1) is 7.24. The summed E-state index contributed by atoms with van der Waals surface area (Å²) in [7, 11) is 1.80. The van der Waals surface area contributed by atoms with Crippen LogP contribution in [0.4, 0.5) is 0 Å². The minimum atomic E-state index is 0.625. The second-order valence-corrected chi connectivity index (χ2v) is 4.52. The third-order valence-corrected chi connectivity index (χ3v) is 2.73. The summed E-state index contributed by atoms with van der Waals surface area (Å²) in [6.45, 7) is 3.36. The molecule has 0 spiro atoms. The number of rotatable bonds is 6. The lowest BCUT2D eigenvalue weighted by Gasteiger charge is -2.08. The van der Waals surface area contributed by atoms with Crippen molar-refractivity contribution in [3.63, 3.8) is 0 Å². The minimum absolute atomic E-state index is 0.625. The van der Waals surface area contributed by atoms with Gasteiger partial charge in [-0.25, -0.2) is 0 Å². The standard InChI is InChI=1S/C10H19N5/c1-8(5-6-11-9-3-4-9)7-10-12-14-15(2)13-10/h8-9,11H,3-7H2,1-2H3. The molecule has 0 amide bonds. The summed E-state index contributed by atoms with van der Waals surface area (Å²) in [6.07, 6.45) is 4.84. The van der Waals surface area contributed by atoms with Crippen LogP contribution in [0.5, 0.6) is 0 Å². The number of tetrazole rings is 1. The quantitative estimate of drug-likeness (QED) is 0.742. The first-order valence-corrected chi connectivity index (χ1v) is 5.70. The molecule has 15 heavy (non-hydrogen) atoms. The summed E-state index contributed by atoms with van der Waals surface area (Å²) in [5, 5.41) is 15.5. The highest BCUT2D eigenvalue weighted by Crippen LogP contribution is 2.18. The third-order valence-electron chi connectivity index (χ3n) is 2.73. The normalized spacial score (nSPS) is 18.0. The molecule has 0 saturated heterocycles. The van der Waals surface area contributed by atoms with Gasteiger partial charge in [-0.05, 0) is 36.9 Å². The van der Waals surface area contributed by atoms with E-state index in [1.165, 1.54) is 24.1 Å². The fourth-order valence-corrected chi connectivity index (χ4v) is 1.64. The Labute approximate surface area is 90.2 Å². The molecular formula is C10H19N5. The zero-order chi connectivity index (χ0) is 10.7. The SMILES string of the molecule is CC(CCNC1CC1)Cc1nnn(C)n1. The van der Waals surface area contributed by atoms with E-state index >= 15 is 0 Å². The van der Waals surface area contributed by atoms with Gasteiger partial charge in [0.2, 0.25) is 0 Å². The van der Waals surface area contributed by atoms with Gasteiger partial charge in [-0.15, -0.1) is 10.2 Å². The van der Waals surface area contributed by atoms with Gasteiger partial charge in [0.25, 0.3) is 0 Å². The molecule has 5 heteroatoms. The van der Waals surface area contributed by atoms with E-state index in [0.717, 1.165) is 24.8 Å². The number of hydrogen-bond donors (Lipinski definition) is 1. The van der Waals surface area contributed by atoms with Gasteiger partial charge < -0.3 is 5.32 Å². The molecule has 2 rings (SSSR count). The highest BCUT2D eigenvalue weighted by Gasteiger charge is 2.20. The van der Waals surface area contributed by atoms with E-state index in [1.54, 1.807) is 7.05 Å². The Hall–Kier alpha value is -0.970. The molecule has 1 aliphatic carbocycles. The molecule has 5 nitrogen and oxygen atoms in total. The van der Waals surface area contributed by atoms with E-state index < -0.39 is 0 Å². The third kappa shape index (κ3) is 3.58. The van der Waals surface area contributed by atoms with Crippen molar-refractivity contribution < 1.29 is 0 Å². The molecule has 1 fully saturated rings. The van der Waals surface area contributed by atoms with Gasteiger partial charge in [0.1, 0.15) is 0 Å². The van der Waals surface area contributed by atoms with Crippen molar-refractivity contribution in [3.05, 3.63) is 5.82 Å². The maximum atomic E-state index is 4.18. The van der Waals surface area contributed by atoms with Crippen LogP contribution in [0.3, 0.4) is 0 Å². The average Bonchev–Trinajstić information content (AvgIpc) is 2.91. The van der Waals surface area contributed by atoms with Crippen LogP contribution in [-0.2, 0) is 13.5 Å². The molecule has 84 valence electrons. The van der Waals surface area contributed by atoms with Crippen LogP contribution in [0.1, 0.15) is 32.0 Å². The van der Waals surface area contributed by atoms with Gasteiger partial charge in [-0.3, -0.25) is 0 Å². The second-order valence-electron chi connectivity index (χ2n) is 4.52. The van der Waals surface area contributed by atoms with Crippen LogP contribution in [0.2, 0.25) is 0 Å². The van der Waals surface area contributed by atoms with Crippen molar-refractivity contribution in [2.24, 2.45) is 13.0 Å². The van der Waals surface area contributed by atoms with Crippen molar-refractivity contribution in [2.45, 2.75) is 38.6 Å². The van der Waals surface area contributed by atoms with Crippen LogP contribution in [0, 0.1) is 5.92 Å². The number of hydrogen-bond acceptors (Lipinski definition) is 4. The van der Waals surface area contributed by atoms with Crippen LogP contribution >= 0.6 is 0 Å². The van der Waals surface area contributed by atoms with Crippen molar-refractivity contribution in [1.29, 1.82) is 0 Å². The topological polar surface area (TPSA) is 55.6 Å². The predicted molar refractivity (Wildman–Crippen MR) is 57.3 cm³/mol. The van der Waals surface area contributed by atoms with Crippen molar-refractivity contribution in [1.82, 2.24) is 25.5 Å². The Morgan fingerprint density at radius 3 is 2.93 bits per heavy atom. The molecule has 1 aromatic heterocycles. The van der Waals surface area contributed by atoms with E-state index in [2.05, 4.69) is 27.7 Å². The Kier molecular flexibility index (Phi) is 3.30. The maximum absolute atomic E-state index is 4.18. The first-order valence-electron chi connectivity index (χ1n) is 5.70. The molecule has 0 aromatic carbocycles. The average molecular weight is 209 g/mol. The van der Waals surface area contributed by atoms with Crippen LogP contribution in [-0.4, -0.2) is 32.8 Å². The minimum Gasteiger partial charge on any atom is -0.314 e. The summed E-state index contributed by atoms with van der Waals surface area (Å²) >= 11 is 0. The fraction of sp³-hybridized carbons (Fsp3) is 0.900. The van der Waals surface area contributed by atoms with Gasteiger partial charge in [0.15, 0.2) is 5.82 Å². The van der Waals surface area contributed by atoms with Gasteiger partial charge in [-0.2, -0.15) is 4.80 Å².